The fourth-order valence-electron chi connectivity index (χ4n) is 5.51. The molecule has 4 heterocycles. The molecule has 3 aromatic heterocycles. The lowest BCUT2D eigenvalue weighted by Gasteiger charge is -2.30. The molecule has 1 aliphatic rings. The molecule has 1 atom stereocenters. The molecule has 5 aromatic rings. The summed E-state index contributed by atoms with van der Waals surface area (Å²) in [5, 5.41) is 1.19. The maximum absolute atomic E-state index is 14.2. The van der Waals surface area contributed by atoms with Gasteiger partial charge in [-0.25, -0.2) is 4.39 Å². The van der Waals surface area contributed by atoms with E-state index in [-0.39, 0.29) is 22.0 Å². The highest BCUT2D eigenvalue weighted by Gasteiger charge is 2.31. The Bertz CT molecular complexity index is 1750. The van der Waals surface area contributed by atoms with E-state index < -0.39 is 15.4 Å². The van der Waals surface area contributed by atoms with Crippen molar-refractivity contribution in [2.45, 2.75) is 62.9 Å². The van der Waals surface area contributed by atoms with E-state index in [4.69, 9.17) is 4.43 Å². The predicted molar refractivity (Wildman–Crippen MR) is 172 cm³/mol. The van der Waals surface area contributed by atoms with Crippen molar-refractivity contribution in [3.63, 3.8) is 0 Å². The van der Waals surface area contributed by atoms with E-state index in [1.807, 2.05) is 54.6 Å². The van der Waals surface area contributed by atoms with Crippen molar-refractivity contribution >= 4 is 38.2 Å². The normalized spacial score (nSPS) is 15.6. The summed E-state index contributed by atoms with van der Waals surface area (Å²) in [4.78, 5) is 18.5. The lowest BCUT2D eigenvalue weighted by molar-refractivity contribution is 0.0908. The van der Waals surface area contributed by atoms with Gasteiger partial charge in [0, 0.05) is 70.4 Å². The van der Waals surface area contributed by atoms with Gasteiger partial charge in [-0.1, -0.05) is 51.1 Å². The van der Waals surface area contributed by atoms with Gasteiger partial charge in [0.2, 0.25) is 0 Å². The number of rotatable bonds is 8. The van der Waals surface area contributed by atoms with Gasteiger partial charge in [-0.05, 0) is 60.3 Å². The third-order valence-electron chi connectivity index (χ3n) is 7.62. The van der Waals surface area contributed by atoms with E-state index in [0.29, 0.717) is 12.1 Å². The molecule has 0 bridgehead atoms. The number of halogens is 1. The molecule has 216 valence electrons. The van der Waals surface area contributed by atoms with E-state index >= 15 is 0 Å². The molecular weight excluding hydrogens is 562 g/mol. The van der Waals surface area contributed by atoms with Gasteiger partial charge < -0.3 is 13.6 Å². The van der Waals surface area contributed by atoms with E-state index in [9.17, 15) is 9.18 Å². The molecule has 0 saturated heterocycles. The van der Waals surface area contributed by atoms with Crippen LogP contribution in [0.5, 0.6) is 0 Å². The van der Waals surface area contributed by atoms with Crippen LogP contribution < -0.4 is 0 Å². The van der Waals surface area contributed by atoms with Gasteiger partial charge >= 0.3 is 0 Å². The molecule has 0 N–H and O–H groups in total. The summed E-state index contributed by atoms with van der Waals surface area (Å²) in [5.74, 6) is 0.526. The zero-order chi connectivity index (χ0) is 29.6. The van der Waals surface area contributed by atoms with Crippen molar-refractivity contribution in [1.82, 2.24) is 14.1 Å². The minimum Gasteiger partial charge on any atom is -0.417 e. The van der Waals surface area contributed by atoms with Crippen LogP contribution in [0.1, 0.15) is 67.2 Å². The highest BCUT2D eigenvalue weighted by molar-refractivity contribution is 7.99. The Labute approximate surface area is 253 Å². The molecule has 5 nitrogen and oxygen atoms in total. The molecule has 0 saturated carbocycles. The molecule has 0 fully saturated rings. The van der Waals surface area contributed by atoms with Gasteiger partial charge in [-0.15, -0.1) is 11.8 Å². The van der Waals surface area contributed by atoms with Crippen LogP contribution in [0, 0.1) is 5.82 Å². The van der Waals surface area contributed by atoms with Gasteiger partial charge in [0.25, 0.3) is 0 Å². The van der Waals surface area contributed by atoms with Gasteiger partial charge in [-0.2, -0.15) is 0 Å². The molecule has 42 heavy (non-hydrogen) atoms. The van der Waals surface area contributed by atoms with E-state index in [0.717, 1.165) is 44.6 Å². The van der Waals surface area contributed by atoms with Crippen LogP contribution in [-0.2, 0) is 16.7 Å². The number of hydrogen-bond acceptors (Lipinski definition) is 4. The number of pyridine rings is 1. The topological polar surface area (TPSA) is 49.0 Å². The maximum atomic E-state index is 14.2. The van der Waals surface area contributed by atoms with Crippen molar-refractivity contribution in [1.29, 1.82) is 0 Å². The Balaban J connectivity index is 1.40. The third kappa shape index (κ3) is 5.76. The first-order chi connectivity index (χ1) is 20.0. The fourth-order valence-corrected chi connectivity index (χ4v) is 7.74. The highest BCUT2D eigenvalue weighted by Crippen LogP contribution is 2.43. The van der Waals surface area contributed by atoms with E-state index in [1.54, 1.807) is 18.3 Å². The summed E-state index contributed by atoms with van der Waals surface area (Å²) in [6.07, 6.45) is 7.70. The van der Waals surface area contributed by atoms with Crippen LogP contribution in [0.4, 0.5) is 4.39 Å². The van der Waals surface area contributed by atoms with Crippen molar-refractivity contribution in [2.24, 2.45) is 0 Å². The number of thioether (sulfide) groups is 1. The number of aromatic nitrogens is 3. The predicted octanol–water partition coefficient (Wildman–Crippen LogP) is 7.77. The summed E-state index contributed by atoms with van der Waals surface area (Å²) >= 11 is 1.81. The minimum atomic E-state index is -0.778. The maximum Gasteiger partial charge on any atom is 0.197 e. The molecule has 0 amide bonds. The van der Waals surface area contributed by atoms with Gasteiger partial charge in [0.1, 0.15) is 11.2 Å². The molecule has 2 aromatic carbocycles. The largest absolute Gasteiger partial charge is 0.417 e. The van der Waals surface area contributed by atoms with Crippen molar-refractivity contribution in [2.75, 3.05) is 0 Å². The zero-order valence-electron chi connectivity index (χ0n) is 24.7. The van der Waals surface area contributed by atoms with Gasteiger partial charge in [0.15, 0.2) is 15.5 Å². The molecule has 1 unspecified atom stereocenters. The Hall–Kier alpha value is -3.46. The summed E-state index contributed by atoms with van der Waals surface area (Å²) in [6.45, 7) is 11.5. The molecular formula is C34H36FN3O2SSi. The standard InChI is InChI=1S/C34H36FN3O2SSi/c1-33(2,3)42-40-34(4,5)21-37-19-28(26-13-10-23(17-29(26)37)22-8-11-25(35)12-9-22)31(39)27-14-16-38-30(27)20-41-32(38)24-7-6-15-36-18-24/h6-19,32H,20-21,42H2,1-5H3. The first kappa shape index (κ1) is 28.6. The summed E-state index contributed by atoms with van der Waals surface area (Å²) in [5.41, 5.74) is 6.07. The van der Waals surface area contributed by atoms with Crippen LogP contribution in [0.2, 0.25) is 5.04 Å². The number of nitrogens with zero attached hydrogens (tertiary/aromatic N) is 3. The average molecular weight is 598 g/mol. The van der Waals surface area contributed by atoms with E-state index in [2.05, 4.69) is 60.9 Å². The number of carbonyl (C=O) groups is 1. The van der Waals surface area contributed by atoms with E-state index in [1.165, 1.54) is 12.1 Å². The quantitative estimate of drug-likeness (QED) is 0.135. The lowest BCUT2D eigenvalue weighted by Crippen LogP contribution is -2.34. The second kappa shape index (κ2) is 11.0. The Kier molecular flexibility index (Phi) is 7.49. The lowest BCUT2D eigenvalue weighted by atomic mass is 10.00. The van der Waals surface area contributed by atoms with Crippen LogP contribution in [-0.4, -0.2) is 35.3 Å². The van der Waals surface area contributed by atoms with Crippen LogP contribution >= 0.6 is 11.8 Å². The number of benzene rings is 2. The highest BCUT2D eigenvalue weighted by atomic mass is 32.2. The summed E-state index contributed by atoms with van der Waals surface area (Å²) < 4.78 is 24.5. The Morgan fingerprint density at radius 2 is 1.81 bits per heavy atom. The van der Waals surface area contributed by atoms with Crippen LogP contribution in [0.3, 0.4) is 0 Å². The fraction of sp³-hybridized carbons (Fsp3) is 0.294. The third-order valence-corrected chi connectivity index (χ3v) is 10.7. The number of hydrogen-bond donors (Lipinski definition) is 0. The summed E-state index contributed by atoms with van der Waals surface area (Å²) in [7, 11) is -0.778. The first-order valence-corrected chi connectivity index (χ1v) is 16.6. The smallest absolute Gasteiger partial charge is 0.197 e. The monoisotopic (exact) mass is 597 g/mol. The Morgan fingerprint density at radius 3 is 2.52 bits per heavy atom. The molecule has 0 spiro atoms. The molecule has 1 aliphatic heterocycles. The molecule has 8 heteroatoms. The average Bonchev–Trinajstić information content (AvgIpc) is 3.66. The molecule has 0 radical (unpaired) electrons. The number of fused-ring (bicyclic) bond motifs is 2. The van der Waals surface area contributed by atoms with Crippen molar-refractivity contribution < 1.29 is 13.6 Å². The number of carbonyl (C=O) groups excluding carboxylic acids is 1. The van der Waals surface area contributed by atoms with Crippen LogP contribution in [0.15, 0.2) is 85.5 Å². The molecule has 6 rings (SSSR count). The molecule has 0 aliphatic carbocycles. The van der Waals surface area contributed by atoms with Crippen molar-refractivity contribution in [3.8, 4) is 11.1 Å². The second-order valence-electron chi connectivity index (χ2n) is 12.9. The van der Waals surface area contributed by atoms with Crippen molar-refractivity contribution in [3.05, 3.63) is 114 Å². The SMILES string of the molecule is CC(C)(Cn1cc(C(=O)c2ccn3c2CSC3c2cccnc2)c2ccc(-c3ccc(F)cc3)cc21)O[SiH2]C(C)(C)C. The van der Waals surface area contributed by atoms with Crippen LogP contribution in [0.25, 0.3) is 22.0 Å². The second-order valence-corrected chi connectivity index (χ2v) is 16.6. The number of ketones is 1. The van der Waals surface area contributed by atoms with Gasteiger partial charge in [-0.3, -0.25) is 9.78 Å². The minimum absolute atomic E-state index is 0.0252. The Morgan fingerprint density at radius 1 is 1.05 bits per heavy atom. The summed E-state index contributed by atoms with van der Waals surface area (Å²) in [6, 6.07) is 18.7. The zero-order valence-corrected chi connectivity index (χ0v) is 27.0. The van der Waals surface area contributed by atoms with Gasteiger partial charge in [0.05, 0.1) is 5.60 Å². The first-order valence-electron chi connectivity index (χ1n) is 14.3.